The molecule has 0 amide bonds. The molecule has 1 N–H and O–H groups in total. The first-order valence-electron chi connectivity index (χ1n) is 6.23. The van der Waals surface area contributed by atoms with Gasteiger partial charge in [0.15, 0.2) is 0 Å². The zero-order chi connectivity index (χ0) is 12.1. The van der Waals surface area contributed by atoms with Gasteiger partial charge in [0.25, 0.3) is 0 Å². The predicted octanol–water partition coefficient (Wildman–Crippen LogP) is 1.52. The van der Waals surface area contributed by atoms with Crippen molar-refractivity contribution >= 4 is 5.69 Å². The van der Waals surface area contributed by atoms with E-state index >= 15 is 0 Å². The minimum Gasteiger partial charge on any atom is -0.381 e. The summed E-state index contributed by atoms with van der Waals surface area (Å²) in [7, 11) is 0. The van der Waals surface area contributed by atoms with Crippen molar-refractivity contribution < 1.29 is 4.74 Å². The van der Waals surface area contributed by atoms with Gasteiger partial charge in [0.05, 0.1) is 13.2 Å². The molecule has 1 unspecified atom stereocenters. The second kappa shape index (κ2) is 5.98. The lowest BCUT2D eigenvalue weighted by atomic mass is 10.2. The molecule has 1 aromatic heterocycles. The topological polar surface area (TPSA) is 37.4 Å². The Balaban J connectivity index is 1.82. The number of aryl methyl sites for hydroxylation is 1. The van der Waals surface area contributed by atoms with Gasteiger partial charge in [-0.3, -0.25) is 9.88 Å². The molecule has 1 atom stereocenters. The van der Waals surface area contributed by atoms with Crippen molar-refractivity contribution in [3.63, 3.8) is 0 Å². The number of aromatic nitrogens is 1. The van der Waals surface area contributed by atoms with Crippen molar-refractivity contribution in [3.05, 3.63) is 24.0 Å². The van der Waals surface area contributed by atoms with E-state index in [0.29, 0.717) is 6.04 Å². The van der Waals surface area contributed by atoms with Gasteiger partial charge < -0.3 is 10.1 Å². The van der Waals surface area contributed by atoms with Crippen LogP contribution in [0.2, 0.25) is 0 Å². The third kappa shape index (κ3) is 3.98. The molecule has 0 aliphatic carbocycles. The van der Waals surface area contributed by atoms with E-state index in [-0.39, 0.29) is 0 Å². The Morgan fingerprint density at radius 1 is 1.47 bits per heavy atom. The van der Waals surface area contributed by atoms with Crippen LogP contribution in [0.1, 0.15) is 12.6 Å². The number of nitrogens with zero attached hydrogens (tertiary/aromatic N) is 2. The number of morpholine rings is 1. The van der Waals surface area contributed by atoms with Crippen LogP contribution in [-0.4, -0.2) is 48.8 Å². The summed E-state index contributed by atoms with van der Waals surface area (Å²) in [6.07, 6.45) is 1.85. The van der Waals surface area contributed by atoms with Crippen LogP contribution in [0.25, 0.3) is 0 Å². The molecule has 17 heavy (non-hydrogen) atoms. The van der Waals surface area contributed by atoms with Gasteiger partial charge in [-0.15, -0.1) is 0 Å². The molecule has 1 saturated heterocycles. The molecule has 0 spiro atoms. The molecule has 0 aromatic carbocycles. The van der Waals surface area contributed by atoms with E-state index < -0.39 is 0 Å². The quantitative estimate of drug-likeness (QED) is 0.858. The molecule has 1 aliphatic heterocycles. The zero-order valence-electron chi connectivity index (χ0n) is 10.6. The number of hydrogen-bond acceptors (Lipinski definition) is 4. The maximum absolute atomic E-state index is 5.34. The van der Waals surface area contributed by atoms with Gasteiger partial charge in [0.2, 0.25) is 0 Å². The Hall–Kier alpha value is -1.13. The molecule has 2 heterocycles. The van der Waals surface area contributed by atoms with Crippen molar-refractivity contribution in [1.29, 1.82) is 0 Å². The zero-order valence-corrected chi connectivity index (χ0v) is 10.6. The molecule has 4 nitrogen and oxygen atoms in total. The fourth-order valence-corrected chi connectivity index (χ4v) is 2.14. The summed E-state index contributed by atoms with van der Waals surface area (Å²) in [5, 5.41) is 3.51. The van der Waals surface area contributed by atoms with Crippen LogP contribution in [0.3, 0.4) is 0 Å². The molecular weight excluding hydrogens is 214 g/mol. The number of nitrogens with one attached hydrogen (secondary N) is 1. The predicted molar refractivity (Wildman–Crippen MR) is 69.3 cm³/mol. The second-order valence-corrected chi connectivity index (χ2v) is 4.64. The SMILES string of the molecule is Cc1cc(NC(C)CN2CCOCC2)ccn1. The van der Waals surface area contributed by atoms with E-state index in [1.807, 2.05) is 19.2 Å². The second-order valence-electron chi connectivity index (χ2n) is 4.64. The Morgan fingerprint density at radius 2 is 2.24 bits per heavy atom. The summed E-state index contributed by atoms with van der Waals surface area (Å²) in [5.74, 6) is 0. The maximum Gasteiger partial charge on any atom is 0.0594 e. The summed E-state index contributed by atoms with van der Waals surface area (Å²) >= 11 is 0. The molecule has 4 heteroatoms. The lowest BCUT2D eigenvalue weighted by Crippen LogP contribution is -2.42. The van der Waals surface area contributed by atoms with Crippen LogP contribution in [-0.2, 0) is 4.74 Å². The molecule has 0 bridgehead atoms. The number of hydrogen-bond donors (Lipinski definition) is 1. The van der Waals surface area contributed by atoms with Crippen LogP contribution in [0.4, 0.5) is 5.69 Å². The van der Waals surface area contributed by atoms with Crippen LogP contribution in [0.15, 0.2) is 18.3 Å². The molecular formula is C13H21N3O. The largest absolute Gasteiger partial charge is 0.381 e. The first-order valence-corrected chi connectivity index (χ1v) is 6.23. The molecule has 94 valence electrons. The Labute approximate surface area is 103 Å². The molecule has 2 rings (SSSR count). The van der Waals surface area contributed by atoms with E-state index in [0.717, 1.165) is 44.2 Å². The monoisotopic (exact) mass is 235 g/mol. The van der Waals surface area contributed by atoms with Gasteiger partial charge in [-0.2, -0.15) is 0 Å². The van der Waals surface area contributed by atoms with Gasteiger partial charge in [-0.05, 0) is 26.0 Å². The van der Waals surface area contributed by atoms with Crippen molar-refractivity contribution in [1.82, 2.24) is 9.88 Å². The van der Waals surface area contributed by atoms with E-state index in [2.05, 4.69) is 28.2 Å². The highest BCUT2D eigenvalue weighted by atomic mass is 16.5. The summed E-state index contributed by atoms with van der Waals surface area (Å²) in [6.45, 7) is 9.10. The lowest BCUT2D eigenvalue weighted by molar-refractivity contribution is 0.0368. The molecule has 0 radical (unpaired) electrons. The van der Waals surface area contributed by atoms with Crippen LogP contribution >= 0.6 is 0 Å². The van der Waals surface area contributed by atoms with E-state index in [4.69, 9.17) is 4.74 Å². The molecule has 0 saturated carbocycles. The minimum atomic E-state index is 0.440. The van der Waals surface area contributed by atoms with Crippen molar-refractivity contribution in [2.24, 2.45) is 0 Å². The summed E-state index contributed by atoms with van der Waals surface area (Å²) in [5.41, 5.74) is 2.20. The fourth-order valence-electron chi connectivity index (χ4n) is 2.14. The Bertz CT molecular complexity index is 350. The van der Waals surface area contributed by atoms with Crippen LogP contribution in [0, 0.1) is 6.92 Å². The molecule has 1 fully saturated rings. The van der Waals surface area contributed by atoms with Gasteiger partial charge in [0, 0.05) is 43.3 Å². The summed E-state index contributed by atoms with van der Waals surface area (Å²) < 4.78 is 5.34. The van der Waals surface area contributed by atoms with Crippen LogP contribution in [0.5, 0.6) is 0 Å². The fraction of sp³-hybridized carbons (Fsp3) is 0.615. The lowest BCUT2D eigenvalue weighted by Gasteiger charge is -2.29. The van der Waals surface area contributed by atoms with E-state index in [1.165, 1.54) is 0 Å². The summed E-state index contributed by atoms with van der Waals surface area (Å²) in [6, 6.07) is 4.54. The number of pyridine rings is 1. The Morgan fingerprint density at radius 3 is 2.94 bits per heavy atom. The minimum absolute atomic E-state index is 0.440. The van der Waals surface area contributed by atoms with Crippen LogP contribution < -0.4 is 5.32 Å². The number of rotatable bonds is 4. The van der Waals surface area contributed by atoms with Gasteiger partial charge >= 0.3 is 0 Å². The van der Waals surface area contributed by atoms with Gasteiger partial charge in [-0.1, -0.05) is 0 Å². The third-order valence-electron chi connectivity index (χ3n) is 2.95. The Kier molecular flexibility index (Phi) is 4.34. The van der Waals surface area contributed by atoms with Gasteiger partial charge in [0.1, 0.15) is 0 Å². The van der Waals surface area contributed by atoms with Gasteiger partial charge in [-0.25, -0.2) is 0 Å². The average molecular weight is 235 g/mol. The highest BCUT2D eigenvalue weighted by Crippen LogP contribution is 2.09. The average Bonchev–Trinajstić information content (AvgIpc) is 2.30. The van der Waals surface area contributed by atoms with E-state index in [9.17, 15) is 0 Å². The third-order valence-corrected chi connectivity index (χ3v) is 2.95. The maximum atomic E-state index is 5.34. The van der Waals surface area contributed by atoms with E-state index in [1.54, 1.807) is 0 Å². The smallest absolute Gasteiger partial charge is 0.0594 e. The molecule has 1 aliphatic rings. The summed E-state index contributed by atoms with van der Waals surface area (Å²) in [4.78, 5) is 6.64. The number of ether oxygens (including phenoxy) is 1. The highest BCUT2D eigenvalue weighted by molar-refractivity contribution is 5.43. The van der Waals surface area contributed by atoms with Crippen molar-refractivity contribution in [2.45, 2.75) is 19.9 Å². The molecule has 1 aromatic rings. The first kappa shape index (κ1) is 12.3. The standard InChI is InChI=1S/C13H21N3O/c1-11-9-13(3-4-14-11)15-12(2)10-16-5-7-17-8-6-16/h3-4,9,12H,5-8,10H2,1-2H3,(H,14,15). The first-order chi connectivity index (χ1) is 8.24. The highest BCUT2D eigenvalue weighted by Gasteiger charge is 2.13. The van der Waals surface area contributed by atoms with Crippen molar-refractivity contribution in [2.75, 3.05) is 38.2 Å². The van der Waals surface area contributed by atoms with Crippen molar-refractivity contribution in [3.8, 4) is 0 Å². The normalized spacial score (nSPS) is 18.9. The number of anilines is 1.